The molecule has 0 bridgehead atoms. The Morgan fingerprint density at radius 1 is 1.10 bits per heavy atom. The van der Waals surface area contributed by atoms with Crippen molar-refractivity contribution in [1.29, 1.82) is 0 Å². The maximum absolute atomic E-state index is 12.5. The molecule has 0 atom stereocenters. The minimum absolute atomic E-state index is 0.108. The van der Waals surface area contributed by atoms with Gasteiger partial charge in [-0.3, -0.25) is 9.59 Å². The number of fused-ring (bicyclic) bond motifs is 1. The highest BCUT2D eigenvalue weighted by molar-refractivity contribution is 7.19. The SMILES string of the molecule is Cc1ccc(OCC(=O)NCc2cc(=O)n3nc(-c4ccccc4C)sc3n2)c(C)c1. The Morgan fingerprint density at radius 2 is 1.90 bits per heavy atom. The van der Waals surface area contributed by atoms with Gasteiger partial charge in [-0.1, -0.05) is 53.3 Å². The number of hydrogen-bond acceptors (Lipinski definition) is 6. The molecule has 0 saturated carbocycles. The number of rotatable bonds is 6. The van der Waals surface area contributed by atoms with Crippen molar-refractivity contribution in [2.75, 3.05) is 6.61 Å². The highest BCUT2D eigenvalue weighted by atomic mass is 32.1. The van der Waals surface area contributed by atoms with Crippen LogP contribution in [-0.2, 0) is 11.3 Å². The number of ether oxygens (including phenoxy) is 1. The number of amides is 1. The molecule has 31 heavy (non-hydrogen) atoms. The predicted octanol–water partition coefficient (Wildman–Crippen LogP) is 3.44. The zero-order valence-corrected chi connectivity index (χ0v) is 18.3. The number of nitrogens with one attached hydrogen (secondary N) is 1. The summed E-state index contributed by atoms with van der Waals surface area (Å²) in [6, 6.07) is 15.0. The zero-order valence-electron chi connectivity index (χ0n) is 17.5. The summed E-state index contributed by atoms with van der Waals surface area (Å²) in [7, 11) is 0. The average Bonchev–Trinajstić information content (AvgIpc) is 3.16. The second-order valence-corrected chi connectivity index (χ2v) is 8.29. The summed E-state index contributed by atoms with van der Waals surface area (Å²) < 4.78 is 6.89. The number of benzene rings is 2. The van der Waals surface area contributed by atoms with Gasteiger partial charge >= 0.3 is 0 Å². The number of aromatic nitrogens is 3. The lowest BCUT2D eigenvalue weighted by molar-refractivity contribution is -0.123. The largest absolute Gasteiger partial charge is 0.484 e. The fourth-order valence-electron chi connectivity index (χ4n) is 3.21. The normalized spacial score (nSPS) is 10.9. The van der Waals surface area contributed by atoms with Gasteiger partial charge in [-0.05, 0) is 38.0 Å². The van der Waals surface area contributed by atoms with Crippen molar-refractivity contribution < 1.29 is 9.53 Å². The lowest BCUT2D eigenvalue weighted by atomic mass is 10.1. The quantitative estimate of drug-likeness (QED) is 0.502. The van der Waals surface area contributed by atoms with Crippen LogP contribution in [0.25, 0.3) is 15.5 Å². The summed E-state index contributed by atoms with van der Waals surface area (Å²) in [5.74, 6) is 0.388. The smallest absolute Gasteiger partial charge is 0.275 e. The van der Waals surface area contributed by atoms with Crippen LogP contribution in [-0.4, -0.2) is 27.1 Å². The molecule has 8 heteroatoms. The molecule has 1 N–H and O–H groups in total. The van der Waals surface area contributed by atoms with Crippen LogP contribution in [0.1, 0.15) is 22.4 Å². The van der Waals surface area contributed by atoms with Gasteiger partial charge < -0.3 is 10.1 Å². The monoisotopic (exact) mass is 434 g/mol. The molecule has 0 spiro atoms. The lowest BCUT2D eigenvalue weighted by Gasteiger charge is -2.10. The van der Waals surface area contributed by atoms with Crippen molar-refractivity contribution in [3.8, 4) is 16.3 Å². The lowest BCUT2D eigenvalue weighted by Crippen LogP contribution is -2.29. The van der Waals surface area contributed by atoms with E-state index in [1.807, 2.05) is 63.2 Å². The van der Waals surface area contributed by atoms with Gasteiger partial charge in [-0.2, -0.15) is 9.61 Å². The molecule has 0 unspecified atom stereocenters. The van der Waals surface area contributed by atoms with Crippen molar-refractivity contribution >= 4 is 22.2 Å². The van der Waals surface area contributed by atoms with Crippen LogP contribution in [0.15, 0.2) is 53.3 Å². The minimum atomic E-state index is -0.285. The fourth-order valence-corrected chi connectivity index (χ4v) is 4.23. The van der Waals surface area contributed by atoms with Gasteiger partial charge in [0, 0.05) is 11.6 Å². The molecule has 2 aromatic carbocycles. The summed E-state index contributed by atoms with van der Waals surface area (Å²) in [4.78, 5) is 29.6. The molecular weight excluding hydrogens is 412 g/mol. The third kappa shape index (κ3) is 4.64. The summed E-state index contributed by atoms with van der Waals surface area (Å²) in [6.07, 6.45) is 0. The molecule has 4 rings (SSSR count). The maximum atomic E-state index is 12.5. The molecule has 0 aliphatic carbocycles. The van der Waals surface area contributed by atoms with Gasteiger partial charge in [0.05, 0.1) is 12.2 Å². The van der Waals surface area contributed by atoms with E-state index < -0.39 is 0 Å². The van der Waals surface area contributed by atoms with E-state index in [1.54, 1.807) is 0 Å². The van der Waals surface area contributed by atoms with Crippen LogP contribution in [0, 0.1) is 20.8 Å². The number of carbonyl (C=O) groups is 1. The summed E-state index contributed by atoms with van der Waals surface area (Å²) in [5, 5.41) is 7.89. The Hall–Kier alpha value is -3.52. The molecule has 0 radical (unpaired) electrons. The van der Waals surface area contributed by atoms with Gasteiger partial charge in [-0.25, -0.2) is 4.98 Å². The first-order chi connectivity index (χ1) is 14.9. The molecular formula is C23H22N4O3S. The molecule has 0 aliphatic rings. The average molecular weight is 435 g/mol. The van der Waals surface area contributed by atoms with Crippen molar-refractivity contribution in [1.82, 2.24) is 19.9 Å². The number of nitrogens with zero attached hydrogens (tertiary/aromatic N) is 3. The molecule has 1 amide bonds. The third-order valence-corrected chi connectivity index (χ3v) is 5.77. The standard InChI is InChI=1S/C23H22N4O3S/c1-14-8-9-19(16(3)10-14)30-13-20(28)24-12-17-11-21(29)27-23(25-17)31-22(26-27)18-7-5-4-6-15(18)2/h4-11H,12-13H2,1-3H3,(H,24,28). The predicted molar refractivity (Wildman–Crippen MR) is 121 cm³/mol. The van der Waals surface area contributed by atoms with E-state index in [0.29, 0.717) is 16.4 Å². The molecule has 7 nitrogen and oxygen atoms in total. The maximum Gasteiger partial charge on any atom is 0.275 e. The second kappa shape index (κ2) is 8.69. The van der Waals surface area contributed by atoms with E-state index in [1.165, 1.54) is 21.9 Å². The topological polar surface area (TPSA) is 85.6 Å². The molecule has 2 heterocycles. The molecule has 4 aromatic rings. The molecule has 158 valence electrons. The summed E-state index contributed by atoms with van der Waals surface area (Å²) in [6.45, 7) is 5.97. The van der Waals surface area contributed by atoms with Crippen LogP contribution >= 0.6 is 11.3 Å². The highest BCUT2D eigenvalue weighted by Crippen LogP contribution is 2.27. The van der Waals surface area contributed by atoms with Gasteiger partial charge in [0.1, 0.15) is 10.8 Å². The Labute approximate surface area is 183 Å². The third-order valence-electron chi connectivity index (χ3n) is 4.83. The van der Waals surface area contributed by atoms with Gasteiger partial charge in [-0.15, -0.1) is 0 Å². The first-order valence-corrected chi connectivity index (χ1v) is 10.6. The van der Waals surface area contributed by atoms with E-state index in [4.69, 9.17) is 4.74 Å². The van der Waals surface area contributed by atoms with Crippen molar-refractivity contribution in [3.05, 3.63) is 81.3 Å². The molecule has 0 saturated heterocycles. The van der Waals surface area contributed by atoms with Crippen LogP contribution in [0.3, 0.4) is 0 Å². The van der Waals surface area contributed by atoms with Gasteiger partial charge in [0.2, 0.25) is 4.96 Å². The fraction of sp³-hybridized carbons (Fsp3) is 0.217. The van der Waals surface area contributed by atoms with Crippen LogP contribution in [0.5, 0.6) is 5.75 Å². The van der Waals surface area contributed by atoms with E-state index in [9.17, 15) is 9.59 Å². The number of carbonyl (C=O) groups excluding carboxylic acids is 1. The Kier molecular flexibility index (Phi) is 5.81. The van der Waals surface area contributed by atoms with Crippen LogP contribution < -0.4 is 15.6 Å². The molecule has 0 fully saturated rings. The van der Waals surface area contributed by atoms with Crippen LogP contribution in [0.2, 0.25) is 0 Å². The Bertz CT molecular complexity index is 1330. The number of aryl methyl sites for hydroxylation is 3. The van der Waals surface area contributed by atoms with Crippen molar-refractivity contribution in [3.63, 3.8) is 0 Å². The van der Waals surface area contributed by atoms with E-state index in [0.717, 1.165) is 27.3 Å². The first-order valence-electron chi connectivity index (χ1n) is 9.83. The Morgan fingerprint density at radius 3 is 2.68 bits per heavy atom. The second-order valence-electron chi connectivity index (χ2n) is 7.34. The van der Waals surface area contributed by atoms with E-state index in [2.05, 4.69) is 15.4 Å². The minimum Gasteiger partial charge on any atom is -0.484 e. The van der Waals surface area contributed by atoms with Gasteiger partial charge in [0.25, 0.3) is 11.5 Å². The Balaban J connectivity index is 1.44. The first kappa shape index (κ1) is 20.7. The zero-order chi connectivity index (χ0) is 22.0. The van der Waals surface area contributed by atoms with E-state index in [-0.39, 0.29) is 24.6 Å². The number of hydrogen-bond donors (Lipinski definition) is 1. The molecule has 0 aliphatic heterocycles. The van der Waals surface area contributed by atoms with Crippen molar-refractivity contribution in [2.24, 2.45) is 0 Å². The van der Waals surface area contributed by atoms with Gasteiger partial charge in [0.15, 0.2) is 6.61 Å². The van der Waals surface area contributed by atoms with Crippen molar-refractivity contribution in [2.45, 2.75) is 27.3 Å². The molecule has 2 aromatic heterocycles. The highest BCUT2D eigenvalue weighted by Gasteiger charge is 2.13. The van der Waals surface area contributed by atoms with Crippen LogP contribution in [0.4, 0.5) is 0 Å². The summed E-state index contributed by atoms with van der Waals surface area (Å²) >= 11 is 1.34. The summed E-state index contributed by atoms with van der Waals surface area (Å²) in [5.41, 5.74) is 4.35. The van der Waals surface area contributed by atoms with E-state index >= 15 is 0 Å².